The summed E-state index contributed by atoms with van der Waals surface area (Å²) < 4.78 is 6.22. The number of allylic oxidation sites excluding steroid dienone is 2. The van der Waals surface area contributed by atoms with E-state index in [4.69, 9.17) is 4.65 Å². The Morgan fingerprint density at radius 2 is 1.63 bits per heavy atom. The first-order valence-electron chi connectivity index (χ1n) is 16.7. The normalized spacial score (nSPS) is 23.1. The van der Waals surface area contributed by atoms with E-state index in [0.717, 1.165) is 54.6 Å². The summed E-state index contributed by atoms with van der Waals surface area (Å²) in [5, 5.41) is 24.7. The second-order valence-corrected chi connectivity index (χ2v) is 12.8. The highest BCUT2D eigenvalue weighted by Crippen LogP contribution is 2.52. The lowest BCUT2D eigenvalue weighted by atomic mass is 9.58. The maximum atomic E-state index is 14.2. The molecule has 0 spiro atoms. The number of imide groups is 1. The molecule has 1 aliphatic carbocycles. The number of nitrogens with one attached hydrogen (secondary N) is 1. The van der Waals surface area contributed by atoms with Gasteiger partial charge >= 0.3 is 7.12 Å². The van der Waals surface area contributed by atoms with Crippen LogP contribution in [0.2, 0.25) is 6.32 Å². The van der Waals surface area contributed by atoms with Gasteiger partial charge in [0, 0.05) is 16.9 Å². The van der Waals surface area contributed by atoms with Crippen molar-refractivity contribution in [1.29, 1.82) is 0 Å². The highest BCUT2D eigenvalue weighted by atomic mass is 16.5. The molecule has 2 heterocycles. The lowest BCUT2D eigenvalue weighted by Gasteiger charge is -2.43. The predicted molar refractivity (Wildman–Crippen MR) is 184 cm³/mol. The van der Waals surface area contributed by atoms with Crippen molar-refractivity contribution in [1.82, 2.24) is 0 Å². The van der Waals surface area contributed by atoms with Crippen molar-refractivity contribution in [2.24, 2.45) is 17.8 Å². The number of amides is 2. The molecule has 8 heteroatoms. The predicted octanol–water partition coefficient (Wildman–Crippen LogP) is 7.90. The second-order valence-electron chi connectivity index (χ2n) is 12.8. The number of carbonyl (C=O) groups excluding carboxylic acids is 2. The zero-order chi connectivity index (χ0) is 32.2. The summed E-state index contributed by atoms with van der Waals surface area (Å²) in [6.45, 7) is 4.27. The van der Waals surface area contributed by atoms with Crippen molar-refractivity contribution in [3.8, 4) is 5.75 Å². The Balaban J connectivity index is 1.25. The number of rotatable bonds is 11. The second kappa shape index (κ2) is 14.1. The summed E-state index contributed by atoms with van der Waals surface area (Å²) in [5.74, 6) is -1.28. The first-order valence-corrected chi connectivity index (χ1v) is 16.7. The van der Waals surface area contributed by atoms with Crippen LogP contribution in [0, 0.1) is 17.8 Å². The SMILES string of the molecule is CCCC1=C2[C@@H](CC/C(=C/c3ccccc3O)CCC)OB(O)C[C@@H]2[C@@H]2C(=O)N(c3ccc(Nc4ccccc4)cc3)C(=O)[C@@H]2C1. The van der Waals surface area contributed by atoms with Gasteiger partial charge in [0.25, 0.3) is 0 Å². The van der Waals surface area contributed by atoms with Gasteiger partial charge in [0.15, 0.2) is 0 Å². The summed E-state index contributed by atoms with van der Waals surface area (Å²) >= 11 is 0. The topological polar surface area (TPSA) is 99.1 Å². The molecular formula is C38H43BN2O5. The van der Waals surface area contributed by atoms with Gasteiger partial charge < -0.3 is 20.1 Å². The number of hydrogen-bond donors (Lipinski definition) is 3. The fourth-order valence-corrected chi connectivity index (χ4v) is 7.68. The summed E-state index contributed by atoms with van der Waals surface area (Å²) in [5.41, 5.74) is 6.73. The number of benzene rings is 3. The van der Waals surface area contributed by atoms with Gasteiger partial charge in [-0.15, -0.1) is 0 Å². The van der Waals surface area contributed by atoms with Crippen LogP contribution >= 0.6 is 0 Å². The van der Waals surface area contributed by atoms with Gasteiger partial charge in [0.05, 0.1) is 23.6 Å². The molecule has 46 heavy (non-hydrogen) atoms. The van der Waals surface area contributed by atoms with Gasteiger partial charge in [0.2, 0.25) is 11.8 Å². The quantitative estimate of drug-likeness (QED) is 0.115. The average Bonchev–Trinajstić information content (AvgIpc) is 3.30. The van der Waals surface area contributed by atoms with E-state index in [1.807, 2.05) is 72.8 Å². The van der Waals surface area contributed by atoms with E-state index in [0.29, 0.717) is 24.8 Å². The van der Waals surface area contributed by atoms with Crippen LogP contribution in [0.4, 0.5) is 17.1 Å². The first kappa shape index (κ1) is 31.8. The number of para-hydroxylation sites is 2. The van der Waals surface area contributed by atoms with Gasteiger partial charge in [-0.25, -0.2) is 0 Å². The van der Waals surface area contributed by atoms with Gasteiger partial charge in [-0.2, -0.15) is 0 Å². The van der Waals surface area contributed by atoms with Crippen LogP contribution in [0.25, 0.3) is 6.08 Å². The maximum Gasteiger partial charge on any atom is 0.455 e. The molecule has 2 saturated heterocycles. The highest BCUT2D eigenvalue weighted by Gasteiger charge is 2.57. The van der Waals surface area contributed by atoms with Gasteiger partial charge in [0.1, 0.15) is 5.75 Å². The molecule has 3 N–H and O–H groups in total. The highest BCUT2D eigenvalue weighted by molar-refractivity contribution is 6.43. The average molecular weight is 619 g/mol. The van der Waals surface area contributed by atoms with Crippen molar-refractivity contribution in [2.75, 3.05) is 10.2 Å². The third kappa shape index (κ3) is 6.55. The number of anilines is 3. The molecule has 4 atom stereocenters. The van der Waals surface area contributed by atoms with E-state index in [1.54, 1.807) is 6.07 Å². The number of hydrogen-bond acceptors (Lipinski definition) is 6. The smallest absolute Gasteiger partial charge is 0.455 e. The largest absolute Gasteiger partial charge is 0.507 e. The van der Waals surface area contributed by atoms with Gasteiger partial charge in [-0.05, 0) is 92.4 Å². The van der Waals surface area contributed by atoms with Crippen LogP contribution in [0.1, 0.15) is 64.4 Å². The summed E-state index contributed by atoms with van der Waals surface area (Å²) in [6, 6.07) is 24.6. The zero-order valence-corrected chi connectivity index (χ0v) is 26.7. The Hall–Kier alpha value is -4.14. The fraction of sp³-hybridized carbons (Fsp3) is 0.368. The molecule has 2 amide bonds. The van der Waals surface area contributed by atoms with E-state index >= 15 is 0 Å². The van der Waals surface area contributed by atoms with E-state index in [2.05, 4.69) is 25.2 Å². The Labute approximate surface area is 272 Å². The van der Waals surface area contributed by atoms with Gasteiger partial charge in [-0.1, -0.05) is 80.3 Å². The molecular weight excluding hydrogens is 575 g/mol. The van der Waals surface area contributed by atoms with Crippen LogP contribution in [0.3, 0.4) is 0 Å². The van der Waals surface area contributed by atoms with Crippen LogP contribution < -0.4 is 10.2 Å². The van der Waals surface area contributed by atoms with E-state index in [9.17, 15) is 19.7 Å². The summed E-state index contributed by atoms with van der Waals surface area (Å²) in [4.78, 5) is 29.5. The number of phenols is 1. The van der Waals surface area contributed by atoms with E-state index in [1.165, 1.54) is 16.0 Å². The maximum absolute atomic E-state index is 14.2. The third-order valence-electron chi connectivity index (χ3n) is 9.64. The minimum Gasteiger partial charge on any atom is -0.507 e. The molecule has 7 nitrogen and oxygen atoms in total. The molecule has 3 aromatic rings. The fourth-order valence-electron chi connectivity index (χ4n) is 7.68. The molecule has 3 aromatic carbocycles. The summed E-state index contributed by atoms with van der Waals surface area (Å²) in [7, 11) is -1.00. The Morgan fingerprint density at radius 1 is 0.913 bits per heavy atom. The van der Waals surface area contributed by atoms with Crippen molar-refractivity contribution in [3.05, 3.63) is 101 Å². The molecule has 0 saturated carbocycles. The first-order chi connectivity index (χ1) is 22.4. The minimum atomic E-state index is -1.00. The van der Waals surface area contributed by atoms with Gasteiger partial charge in [-0.3, -0.25) is 14.5 Å². The summed E-state index contributed by atoms with van der Waals surface area (Å²) in [6.07, 6.45) is 7.61. The van der Waals surface area contributed by atoms with Crippen LogP contribution in [0.5, 0.6) is 5.75 Å². The molecule has 0 aromatic heterocycles. The molecule has 0 radical (unpaired) electrons. The van der Waals surface area contributed by atoms with Crippen molar-refractivity contribution in [3.63, 3.8) is 0 Å². The molecule has 0 bridgehead atoms. The molecule has 0 unspecified atom stereocenters. The lowest BCUT2D eigenvalue weighted by Crippen LogP contribution is -2.46. The van der Waals surface area contributed by atoms with E-state index < -0.39 is 19.0 Å². The lowest BCUT2D eigenvalue weighted by molar-refractivity contribution is -0.122. The monoisotopic (exact) mass is 618 g/mol. The number of fused-ring (bicyclic) bond motifs is 3. The van der Waals surface area contributed by atoms with Crippen molar-refractivity contribution < 1.29 is 24.4 Å². The molecule has 238 valence electrons. The number of nitrogens with zero attached hydrogens (tertiary/aromatic N) is 1. The molecule has 2 fully saturated rings. The number of carbonyl (C=O) groups is 2. The molecule has 3 aliphatic rings. The standard InChI is InChI=1S/C38H43BN2O5/c1-3-10-25(22-26-12-8-9-15-33(26)42)16-21-34-35-27(11-4-2)23-31-36(32(35)24-39(45)46-34)38(44)41(37(31)43)30-19-17-29(18-20-30)40-28-13-6-5-7-14-28/h5-9,12-15,17-20,22,31-32,34,36,40,42,45H,3-4,10-11,16,21,23-24H2,1-2H3/b25-22+/t31-,32+,34-,36-/m1/s1. The number of aromatic hydroxyl groups is 1. The minimum absolute atomic E-state index is 0.153. The Kier molecular flexibility index (Phi) is 9.76. The molecule has 6 rings (SSSR count). The zero-order valence-electron chi connectivity index (χ0n) is 26.7. The molecule has 2 aliphatic heterocycles. The number of phenolic OH excluding ortho intramolecular Hbond substituents is 1. The van der Waals surface area contributed by atoms with E-state index in [-0.39, 0.29) is 29.6 Å². The van der Waals surface area contributed by atoms with Crippen molar-refractivity contribution >= 4 is 42.1 Å². The third-order valence-corrected chi connectivity index (χ3v) is 9.64. The van der Waals surface area contributed by atoms with Crippen LogP contribution in [-0.4, -0.2) is 35.2 Å². The van der Waals surface area contributed by atoms with Crippen molar-refractivity contribution in [2.45, 2.75) is 71.2 Å². The Bertz CT molecular complexity index is 1620. The Morgan fingerprint density at radius 3 is 2.35 bits per heavy atom. The van der Waals surface area contributed by atoms with Crippen LogP contribution in [0.15, 0.2) is 95.6 Å². The van der Waals surface area contributed by atoms with Crippen LogP contribution in [-0.2, 0) is 14.2 Å².